The summed E-state index contributed by atoms with van der Waals surface area (Å²) in [6.45, 7) is 3.47. The lowest BCUT2D eigenvalue weighted by Gasteiger charge is -2.07. The third-order valence-corrected chi connectivity index (χ3v) is 3.66. The van der Waals surface area contributed by atoms with Crippen LogP contribution in [0.4, 0.5) is 0 Å². The Kier molecular flexibility index (Phi) is 2.81. The predicted octanol–water partition coefficient (Wildman–Crippen LogP) is 3.47. The highest BCUT2D eigenvalue weighted by Crippen LogP contribution is 2.34. The summed E-state index contributed by atoms with van der Waals surface area (Å²) in [6.07, 6.45) is 4.98. The van der Waals surface area contributed by atoms with E-state index in [0.29, 0.717) is 13.2 Å². The Morgan fingerprint density at radius 1 is 1.05 bits per heavy atom. The topological polar surface area (TPSA) is 35.8 Å². The quantitative estimate of drug-likeness (QED) is 0.684. The van der Waals surface area contributed by atoms with E-state index in [1.807, 2.05) is 35.0 Å². The van der Waals surface area contributed by atoms with E-state index in [-0.39, 0.29) is 0 Å². The van der Waals surface area contributed by atoms with Gasteiger partial charge in [-0.1, -0.05) is 0 Å². The minimum Gasteiger partial charge on any atom is -0.490 e. The molecule has 4 nitrogen and oxygen atoms in total. The van der Waals surface area contributed by atoms with Crippen molar-refractivity contribution in [1.29, 1.82) is 0 Å². The zero-order valence-corrected chi connectivity index (χ0v) is 11.9. The largest absolute Gasteiger partial charge is 0.490 e. The van der Waals surface area contributed by atoms with Gasteiger partial charge in [0.1, 0.15) is 5.65 Å². The molecule has 1 aliphatic rings. The molecular formula is C17H16N2O2. The number of nitrogens with zero attached hydrogens (tertiary/aromatic N) is 2. The zero-order chi connectivity index (χ0) is 14.2. The molecule has 0 bridgehead atoms. The zero-order valence-electron chi connectivity index (χ0n) is 11.9. The van der Waals surface area contributed by atoms with Crippen LogP contribution in [0.1, 0.15) is 12.0 Å². The molecule has 106 valence electrons. The third-order valence-electron chi connectivity index (χ3n) is 3.66. The van der Waals surface area contributed by atoms with E-state index < -0.39 is 0 Å². The average molecular weight is 280 g/mol. The molecule has 2 aromatic heterocycles. The lowest BCUT2D eigenvalue weighted by atomic mass is 10.1. The fourth-order valence-electron chi connectivity index (χ4n) is 2.55. The normalized spacial score (nSPS) is 14.1. The first-order valence-corrected chi connectivity index (χ1v) is 7.15. The Hall–Kier alpha value is -2.49. The van der Waals surface area contributed by atoms with Crippen molar-refractivity contribution in [3.05, 3.63) is 48.3 Å². The summed E-state index contributed by atoms with van der Waals surface area (Å²) >= 11 is 0. The molecule has 3 heterocycles. The molecule has 0 spiro atoms. The van der Waals surface area contributed by atoms with Crippen LogP contribution in [0.15, 0.2) is 42.7 Å². The fourth-order valence-corrected chi connectivity index (χ4v) is 2.55. The van der Waals surface area contributed by atoms with Gasteiger partial charge in [0.25, 0.3) is 0 Å². The van der Waals surface area contributed by atoms with Gasteiger partial charge >= 0.3 is 0 Å². The van der Waals surface area contributed by atoms with Gasteiger partial charge in [0, 0.05) is 24.4 Å². The first-order chi connectivity index (χ1) is 10.3. The molecule has 0 saturated carbocycles. The van der Waals surface area contributed by atoms with Gasteiger partial charge in [0.15, 0.2) is 11.5 Å². The molecular weight excluding hydrogens is 264 g/mol. The number of hydrogen-bond donors (Lipinski definition) is 0. The molecule has 21 heavy (non-hydrogen) atoms. The van der Waals surface area contributed by atoms with Gasteiger partial charge in [0.2, 0.25) is 0 Å². The summed E-state index contributed by atoms with van der Waals surface area (Å²) in [6, 6.07) is 10.2. The maximum Gasteiger partial charge on any atom is 0.161 e. The van der Waals surface area contributed by atoms with Crippen LogP contribution >= 0.6 is 0 Å². The van der Waals surface area contributed by atoms with E-state index in [1.54, 1.807) is 0 Å². The number of benzene rings is 1. The highest BCUT2D eigenvalue weighted by molar-refractivity contribution is 5.66. The van der Waals surface area contributed by atoms with E-state index in [2.05, 4.69) is 24.0 Å². The molecule has 1 aromatic carbocycles. The molecule has 0 atom stereocenters. The molecule has 3 aromatic rings. The number of aryl methyl sites for hydroxylation is 1. The van der Waals surface area contributed by atoms with Crippen molar-refractivity contribution in [3.63, 3.8) is 0 Å². The minimum atomic E-state index is 0.695. The van der Waals surface area contributed by atoms with Crippen molar-refractivity contribution in [2.75, 3.05) is 13.2 Å². The van der Waals surface area contributed by atoms with Crippen LogP contribution < -0.4 is 9.47 Å². The smallest absolute Gasteiger partial charge is 0.161 e. The maximum atomic E-state index is 5.74. The van der Waals surface area contributed by atoms with E-state index in [9.17, 15) is 0 Å². The number of pyridine rings is 1. The Morgan fingerprint density at radius 3 is 2.81 bits per heavy atom. The van der Waals surface area contributed by atoms with Crippen LogP contribution in [-0.4, -0.2) is 22.6 Å². The van der Waals surface area contributed by atoms with Gasteiger partial charge in [-0.2, -0.15) is 0 Å². The standard InChI is InChI=1S/C17H16N2O2/c1-12-5-6-19-11-14(18-17(19)9-12)13-3-4-15-16(10-13)21-8-2-7-20-15/h3-6,9-11H,2,7-8H2,1H3. The van der Waals surface area contributed by atoms with E-state index in [1.165, 1.54) is 5.56 Å². The maximum absolute atomic E-state index is 5.74. The highest BCUT2D eigenvalue weighted by atomic mass is 16.5. The Labute approximate surface area is 123 Å². The molecule has 0 fully saturated rings. The van der Waals surface area contributed by atoms with Crippen LogP contribution in [0.25, 0.3) is 16.9 Å². The van der Waals surface area contributed by atoms with Gasteiger partial charge in [-0.15, -0.1) is 0 Å². The van der Waals surface area contributed by atoms with Crippen LogP contribution in [0.2, 0.25) is 0 Å². The first kappa shape index (κ1) is 12.3. The lowest BCUT2D eigenvalue weighted by Crippen LogP contribution is -1.97. The summed E-state index contributed by atoms with van der Waals surface area (Å²) in [5.41, 5.74) is 4.15. The Balaban J connectivity index is 1.79. The predicted molar refractivity (Wildman–Crippen MR) is 81.0 cm³/mol. The van der Waals surface area contributed by atoms with E-state index in [0.717, 1.165) is 34.8 Å². The lowest BCUT2D eigenvalue weighted by molar-refractivity contribution is 0.297. The second-order valence-corrected chi connectivity index (χ2v) is 5.31. The SMILES string of the molecule is Cc1ccn2cc(-c3ccc4c(c3)OCCCO4)nc2c1. The van der Waals surface area contributed by atoms with Crippen molar-refractivity contribution >= 4 is 5.65 Å². The van der Waals surface area contributed by atoms with Crippen LogP contribution in [-0.2, 0) is 0 Å². The van der Waals surface area contributed by atoms with Crippen molar-refractivity contribution in [1.82, 2.24) is 9.38 Å². The summed E-state index contributed by atoms with van der Waals surface area (Å²) in [7, 11) is 0. The number of rotatable bonds is 1. The third kappa shape index (κ3) is 2.23. The second-order valence-electron chi connectivity index (χ2n) is 5.31. The van der Waals surface area contributed by atoms with Crippen LogP contribution in [0, 0.1) is 6.92 Å². The number of hydrogen-bond acceptors (Lipinski definition) is 3. The van der Waals surface area contributed by atoms with Gasteiger partial charge in [-0.05, 0) is 42.8 Å². The summed E-state index contributed by atoms with van der Waals surface area (Å²) in [4.78, 5) is 4.68. The molecule has 0 amide bonds. The first-order valence-electron chi connectivity index (χ1n) is 7.15. The van der Waals surface area contributed by atoms with Crippen molar-refractivity contribution in [3.8, 4) is 22.8 Å². The number of fused-ring (bicyclic) bond motifs is 2. The highest BCUT2D eigenvalue weighted by Gasteiger charge is 2.13. The average Bonchev–Trinajstić information content (AvgIpc) is 2.76. The molecule has 0 aliphatic carbocycles. The number of aromatic nitrogens is 2. The molecule has 0 N–H and O–H groups in total. The minimum absolute atomic E-state index is 0.695. The van der Waals surface area contributed by atoms with Gasteiger partial charge < -0.3 is 13.9 Å². The van der Waals surface area contributed by atoms with Gasteiger partial charge in [-0.3, -0.25) is 0 Å². The molecule has 0 saturated heterocycles. The summed E-state index contributed by atoms with van der Waals surface area (Å²) < 4.78 is 13.4. The monoisotopic (exact) mass is 280 g/mol. The van der Waals surface area contributed by atoms with Crippen molar-refractivity contribution in [2.24, 2.45) is 0 Å². The summed E-state index contributed by atoms with van der Waals surface area (Å²) in [5.74, 6) is 1.62. The number of ether oxygens (including phenoxy) is 2. The fraction of sp³-hybridized carbons (Fsp3) is 0.235. The van der Waals surface area contributed by atoms with Gasteiger partial charge in [-0.25, -0.2) is 4.98 Å². The van der Waals surface area contributed by atoms with Crippen LogP contribution in [0.3, 0.4) is 0 Å². The second kappa shape index (κ2) is 4.81. The van der Waals surface area contributed by atoms with E-state index >= 15 is 0 Å². The van der Waals surface area contributed by atoms with Gasteiger partial charge in [0.05, 0.1) is 18.9 Å². The molecule has 4 rings (SSSR count). The van der Waals surface area contributed by atoms with Crippen LogP contribution in [0.5, 0.6) is 11.5 Å². The molecule has 0 radical (unpaired) electrons. The van der Waals surface area contributed by atoms with Crippen molar-refractivity contribution in [2.45, 2.75) is 13.3 Å². The van der Waals surface area contributed by atoms with E-state index in [4.69, 9.17) is 9.47 Å². The Bertz CT molecular complexity index is 808. The summed E-state index contributed by atoms with van der Waals surface area (Å²) in [5, 5.41) is 0. The molecule has 4 heteroatoms. The Morgan fingerprint density at radius 2 is 1.90 bits per heavy atom. The molecule has 0 unspecified atom stereocenters. The molecule has 1 aliphatic heterocycles. The van der Waals surface area contributed by atoms with Crippen molar-refractivity contribution < 1.29 is 9.47 Å². The number of imidazole rings is 1.